The molecule has 53 heavy (non-hydrogen) atoms. The van der Waals surface area contributed by atoms with Gasteiger partial charge in [0.15, 0.2) is 0 Å². The van der Waals surface area contributed by atoms with E-state index in [1.54, 1.807) is 0 Å². The van der Waals surface area contributed by atoms with E-state index in [1.165, 1.54) is 58.6 Å². The fraction of sp³-hybridized carbons (Fsp3) is 0. The third-order valence-corrected chi connectivity index (χ3v) is 12.1. The number of aromatic nitrogens is 2. The number of hydrogen-bond donors (Lipinski definition) is 0. The fourth-order valence-electron chi connectivity index (χ4n) is 8.44. The molecule has 0 bridgehead atoms. The minimum absolute atomic E-state index is 0.903. The van der Waals surface area contributed by atoms with Gasteiger partial charge in [0.2, 0.25) is 0 Å². The molecule has 0 radical (unpaired) electrons. The van der Waals surface area contributed by atoms with E-state index in [2.05, 4.69) is 162 Å². The smallest absolute Gasteiger partial charge is 0.138 e. The molecule has 0 aliphatic rings. The Bertz CT molecular complexity index is 3470. The Morgan fingerprint density at radius 2 is 1.02 bits per heavy atom. The van der Waals surface area contributed by atoms with Crippen molar-refractivity contribution in [3.8, 4) is 33.4 Å². The number of hydrogen-bond acceptors (Lipinski definition) is 3. The van der Waals surface area contributed by atoms with Gasteiger partial charge in [-0.05, 0) is 98.8 Å². The number of fused-ring (bicyclic) bond motifs is 14. The lowest BCUT2D eigenvalue weighted by Crippen LogP contribution is -1.89. The minimum Gasteiger partial charge on any atom is -0.456 e. The Morgan fingerprint density at radius 1 is 0.396 bits per heavy atom. The quantitative estimate of drug-likeness (QED) is 0.173. The maximum Gasteiger partial charge on any atom is 0.138 e. The van der Waals surface area contributed by atoms with Gasteiger partial charge in [0.25, 0.3) is 0 Å². The van der Waals surface area contributed by atoms with Gasteiger partial charge in [0.1, 0.15) is 16.8 Å². The molecule has 0 saturated heterocycles. The van der Waals surface area contributed by atoms with Crippen molar-refractivity contribution in [1.82, 2.24) is 9.38 Å². The monoisotopic (exact) mass is 692 g/mol. The van der Waals surface area contributed by atoms with Crippen molar-refractivity contribution in [3.63, 3.8) is 0 Å². The maximum absolute atomic E-state index is 6.11. The van der Waals surface area contributed by atoms with Crippen molar-refractivity contribution in [2.45, 2.75) is 0 Å². The lowest BCUT2D eigenvalue weighted by molar-refractivity contribution is 0.669. The Balaban J connectivity index is 0.995. The van der Waals surface area contributed by atoms with Crippen LogP contribution in [0.25, 0.3) is 114 Å². The van der Waals surface area contributed by atoms with Crippen LogP contribution in [0.3, 0.4) is 0 Å². The van der Waals surface area contributed by atoms with Gasteiger partial charge in [0, 0.05) is 47.9 Å². The van der Waals surface area contributed by atoms with Gasteiger partial charge < -0.3 is 4.42 Å². The van der Waals surface area contributed by atoms with Gasteiger partial charge in [-0.1, -0.05) is 109 Å². The predicted octanol–water partition coefficient (Wildman–Crippen LogP) is 14.1. The van der Waals surface area contributed by atoms with Gasteiger partial charge in [0.05, 0.1) is 11.0 Å². The van der Waals surface area contributed by atoms with Crippen molar-refractivity contribution in [2.75, 3.05) is 0 Å². The molecule has 0 aliphatic carbocycles. The largest absolute Gasteiger partial charge is 0.456 e. The molecular formula is C49H28N2OS. The molecule has 0 spiro atoms. The first-order valence-electron chi connectivity index (χ1n) is 17.9. The standard InChI is InChI=1S/C49H28N2OS/c1-2-13-39-35(10-1)41-25-31(29-8-7-9-30(24-29)33-16-19-38-37-12-4-6-15-45(37)53-46(38)27-33)17-20-40(41)49-48(39)50-47-28-34(22-23-51(47)49)32-18-21-44-42(26-32)36-11-3-5-14-43(36)52-44/h1-28H. The Morgan fingerprint density at radius 3 is 1.89 bits per heavy atom. The second kappa shape index (κ2) is 10.9. The normalized spacial score (nSPS) is 12.2. The Labute approximate surface area is 307 Å². The summed E-state index contributed by atoms with van der Waals surface area (Å²) in [6, 6.07) is 59.2. The molecule has 0 aliphatic heterocycles. The van der Waals surface area contributed by atoms with E-state index in [4.69, 9.17) is 9.40 Å². The summed E-state index contributed by atoms with van der Waals surface area (Å²) >= 11 is 1.87. The molecule has 8 aromatic carbocycles. The van der Waals surface area contributed by atoms with Crippen LogP contribution in [0.5, 0.6) is 0 Å². The van der Waals surface area contributed by atoms with Crippen LogP contribution in [0, 0.1) is 0 Å². The molecule has 0 saturated carbocycles. The van der Waals surface area contributed by atoms with E-state index < -0.39 is 0 Å². The molecule has 0 amide bonds. The topological polar surface area (TPSA) is 30.4 Å². The second-order valence-corrected chi connectivity index (χ2v) is 15.0. The van der Waals surface area contributed by atoms with Crippen LogP contribution in [0.4, 0.5) is 0 Å². The molecular weight excluding hydrogens is 665 g/mol. The molecule has 4 heteroatoms. The molecule has 0 atom stereocenters. The maximum atomic E-state index is 6.11. The summed E-state index contributed by atoms with van der Waals surface area (Å²) in [5, 5.41) is 9.71. The third-order valence-electron chi connectivity index (χ3n) is 11.0. The van der Waals surface area contributed by atoms with Crippen molar-refractivity contribution in [2.24, 2.45) is 0 Å². The highest BCUT2D eigenvalue weighted by Gasteiger charge is 2.17. The number of imidazole rings is 1. The molecule has 3 nitrogen and oxygen atoms in total. The van der Waals surface area contributed by atoms with Crippen molar-refractivity contribution in [3.05, 3.63) is 170 Å². The van der Waals surface area contributed by atoms with E-state index >= 15 is 0 Å². The SMILES string of the molecule is c1cc(-c2ccc3c(c2)sc2ccccc23)cc(-c2ccc3c(c2)c2ccccc2c2nc4cc(-c5ccc6oc7ccccc7c6c5)ccn4c32)c1. The van der Waals surface area contributed by atoms with E-state index in [9.17, 15) is 0 Å². The number of para-hydroxylation sites is 1. The van der Waals surface area contributed by atoms with Crippen LogP contribution in [0.1, 0.15) is 0 Å². The van der Waals surface area contributed by atoms with Crippen LogP contribution >= 0.6 is 11.3 Å². The molecule has 0 unspecified atom stereocenters. The summed E-state index contributed by atoms with van der Waals surface area (Å²) in [4.78, 5) is 5.29. The zero-order valence-electron chi connectivity index (χ0n) is 28.4. The van der Waals surface area contributed by atoms with Crippen LogP contribution in [0.2, 0.25) is 0 Å². The lowest BCUT2D eigenvalue weighted by Gasteiger charge is -2.11. The molecule has 246 valence electrons. The number of furan rings is 1. The van der Waals surface area contributed by atoms with Crippen LogP contribution in [0.15, 0.2) is 174 Å². The summed E-state index contributed by atoms with van der Waals surface area (Å²) < 4.78 is 11.0. The first-order valence-corrected chi connectivity index (χ1v) is 18.8. The van der Waals surface area contributed by atoms with Crippen molar-refractivity contribution < 1.29 is 4.42 Å². The highest BCUT2D eigenvalue weighted by atomic mass is 32.1. The van der Waals surface area contributed by atoms with E-state index in [1.807, 2.05) is 23.5 Å². The van der Waals surface area contributed by atoms with Gasteiger partial charge in [-0.15, -0.1) is 11.3 Å². The zero-order chi connectivity index (χ0) is 34.6. The molecule has 4 heterocycles. The van der Waals surface area contributed by atoms with Gasteiger partial charge in [-0.3, -0.25) is 4.40 Å². The zero-order valence-corrected chi connectivity index (χ0v) is 29.2. The summed E-state index contributed by atoms with van der Waals surface area (Å²) in [6.07, 6.45) is 2.18. The number of rotatable bonds is 3. The molecule has 0 N–H and O–H groups in total. The Hall–Kier alpha value is -6.75. The first-order chi connectivity index (χ1) is 26.2. The number of thiophene rings is 1. The highest BCUT2D eigenvalue weighted by Crippen LogP contribution is 2.40. The lowest BCUT2D eigenvalue weighted by atomic mass is 9.94. The van der Waals surface area contributed by atoms with Crippen LogP contribution in [-0.2, 0) is 0 Å². The average Bonchev–Trinajstić information content (AvgIpc) is 3.91. The number of nitrogens with zero attached hydrogens (tertiary/aromatic N) is 2. The molecule has 0 fully saturated rings. The Kier molecular flexibility index (Phi) is 5.93. The summed E-state index contributed by atoms with van der Waals surface area (Å²) in [5.41, 5.74) is 12.0. The van der Waals surface area contributed by atoms with Gasteiger partial charge >= 0.3 is 0 Å². The predicted molar refractivity (Wildman–Crippen MR) is 224 cm³/mol. The van der Waals surface area contributed by atoms with E-state index in [0.717, 1.165) is 55.1 Å². The summed E-state index contributed by atoms with van der Waals surface area (Å²) in [5.74, 6) is 0. The highest BCUT2D eigenvalue weighted by molar-refractivity contribution is 7.25. The van der Waals surface area contributed by atoms with Crippen molar-refractivity contribution in [1.29, 1.82) is 0 Å². The second-order valence-electron chi connectivity index (χ2n) is 14.0. The molecule has 12 aromatic rings. The van der Waals surface area contributed by atoms with E-state index in [-0.39, 0.29) is 0 Å². The summed E-state index contributed by atoms with van der Waals surface area (Å²) in [7, 11) is 0. The van der Waals surface area contributed by atoms with Gasteiger partial charge in [-0.2, -0.15) is 0 Å². The van der Waals surface area contributed by atoms with Crippen LogP contribution < -0.4 is 0 Å². The van der Waals surface area contributed by atoms with Gasteiger partial charge in [-0.25, -0.2) is 4.98 Å². The average molecular weight is 693 g/mol. The minimum atomic E-state index is 0.903. The van der Waals surface area contributed by atoms with Crippen molar-refractivity contribution >= 4 is 91.7 Å². The molecule has 12 rings (SSSR count). The fourth-order valence-corrected chi connectivity index (χ4v) is 9.58. The third kappa shape index (κ3) is 4.30. The summed E-state index contributed by atoms with van der Waals surface area (Å²) in [6.45, 7) is 0. The first kappa shape index (κ1) is 28.9. The van der Waals surface area contributed by atoms with E-state index in [0.29, 0.717) is 0 Å². The number of benzene rings is 8. The molecule has 4 aromatic heterocycles. The number of pyridine rings is 1. The van der Waals surface area contributed by atoms with Crippen LogP contribution in [-0.4, -0.2) is 9.38 Å².